The summed E-state index contributed by atoms with van der Waals surface area (Å²) < 4.78 is 0. The molecule has 3 unspecified atom stereocenters. The number of aliphatic hydroxyl groups is 1. The molecule has 0 heterocycles. The summed E-state index contributed by atoms with van der Waals surface area (Å²) >= 11 is 0. The Labute approximate surface area is 56.4 Å². The highest BCUT2D eigenvalue weighted by atomic mass is 16.3. The van der Waals surface area contributed by atoms with Crippen LogP contribution in [0, 0.1) is 11.8 Å². The van der Waals surface area contributed by atoms with Gasteiger partial charge in [0.25, 0.3) is 0 Å². The summed E-state index contributed by atoms with van der Waals surface area (Å²) in [6.45, 7) is 4.18. The molecule has 1 heteroatoms. The van der Waals surface area contributed by atoms with Crippen molar-refractivity contribution in [3.05, 3.63) is 12.2 Å². The van der Waals surface area contributed by atoms with Crippen LogP contribution in [-0.4, -0.2) is 11.2 Å². The monoisotopic (exact) mass is 126 g/mol. The average Bonchev–Trinajstić information content (AvgIpc) is 1.80. The first-order valence-electron chi connectivity index (χ1n) is 3.56. The van der Waals surface area contributed by atoms with E-state index in [4.69, 9.17) is 0 Å². The minimum absolute atomic E-state index is 0.106. The third kappa shape index (κ3) is 1.55. The number of allylic oxidation sites excluding steroid dienone is 1. The first-order valence-corrected chi connectivity index (χ1v) is 3.56. The van der Waals surface area contributed by atoms with Crippen LogP contribution in [0.15, 0.2) is 12.2 Å². The van der Waals surface area contributed by atoms with Gasteiger partial charge in [-0.3, -0.25) is 0 Å². The van der Waals surface area contributed by atoms with Crippen LogP contribution in [0.4, 0.5) is 0 Å². The highest BCUT2D eigenvalue weighted by Gasteiger charge is 2.17. The molecule has 0 fully saturated rings. The summed E-state index contributed by atoms with van der Waals surface area (Å²) in [4.78, 5) is 0. The molecule has 1 nitrogen and oxygen atoms in total. The van der Waals surface area contributed by atoms with E-state index in [2.05, 4.69) is 19.1 Å². The molecule has 1 rings (SSSR count). The van der Waals surface area contributed by atoms with Gasteiger partial charge >= 0.3 is 0 Å². The molecule has 0 saturated heterocycles. The maximum Gasteiger partial charge on any atom is 0.0605 e. The molecule has 9 heavy (non-hydrogen) atoms. The zero-order chi connectivity index (χ0) is 6.85. The molecule has 0 aromatic heterocycles. The Balaban J connectivity index is 2.54. The lowest BCUT2D eigenvalue weighted by Gasteiger charge is -2.22. The maximum absolute atomic E-state index is 9.30. The molecule has 1 N–H and O–H groups in total. The molecule has 0 bridgehead atoms. The minimum atomic E-state index is -0.106. The lowest BCUT2D eigenvalue weighted by atomic mass is 9.88. The van der Waals surface area contributed by atoms with Gasteiger partial charge < -0.3 is 5.11 Å². The second kappa shape index (κ2) is 2.53. The van der Waals surface area contributed by atoms with Gasteiger partial charge in [0.15, 0.2) is 0 Å². The topological polar surface area (TPSA) is 20.2 Å². The van der Waals surface area contributed by atoms with Gasteiger partial charge in [0.1, 0.15) is 0 Å². The van der Waals surface area contributed by atoms with Crippen LogP contribution >= 0.6 is 0 Å². The second-order valence-corrected chi connectivity index (χ2v) is 3.02. The van der Waals surface area contributed by atoms with Gasteiger partial charge in [-0.15, -0.1) is 0 Å². The fourth-order valence-corrected chi connectivity index (χ4v) is 1.17. The molecule has 0 spiro atoms. The SMILES string of the molecule is CC1C=CC(C)C(O)C1. The van der Waals surface area contributed by atoms with Crippen LogP contribution in [0.25, 0.3) is 0 Å². The Morgan fingerprint density at radius 3 is 2.44 bits per heavy atom. The van der Waals surface area contributed by atoms with Crippen molar-refractivity contribution < 1.29 is 5.11 Å². The Morgan fingerprint density at radius 1 is 1.33 bits per heavy atom. The second-order valence-electron chi connectivity index (χ2n) is 3.02. The van der Waals surface area contributed by atoms with Crippen molar-refractivity contribution in [2.45, 2.75) is 26.4 Å². The van der Waals surface area contributed by atoms with Crippen LogP contribution in [0.3, 0.4) is 0 Å². The summed E-state index contributed by atoms with van der Waals surface area (Å²) in [6.07, 6.45) is 5.10. The van der Waals surface area contributed by atoms with Crippen LogP contribution in [-0.2, 0) is 0 Å². The van der Waals surface area contributed by atoms with E-state index in [1.165, 1.54) is 0 Å². The lowest BCUT2D eigenvalue weighted by Crippen LogP contribution is -2.21. The summed E-state index contributed by atoms with van der Waals surface area (Å²) in [7, 11) is 0. The van der Waals surface area contributed by atoms with E-state index >= 15 is 0 Å². The van der Waals surface area contributed by atoms with Crippen LogP contribution in [0.5, 0.6) is 0 Å². The summed E-state index contributed by atoms with van der Waals surface area (Å²) in [5, 5.41) is 9.30. The zero-order valence-electron chi connectivity index (χ0n) is 6.04. The van der Waals surface area contributed by atoms with Gasteiger partial charge in [0, 0.05) is 0 Å². The van der Waals surface area contributed by atoms with Crippen molar-refractivity contribution in [3.8, 4) is 0 Å². The van der Waals surface area contributed by atoms with E-state index in [1.807, 2.05) is 6.92 Å². The predicted octanol–water partition coefficient (Wildman–Crippen LogP) is 1.58. The fraction of sp³-hybridized carbons (Fsp3) is 0.750. The van der Waals surface area contributed by atoms with E-state index in [9.17, 15) is 5.11 Å². The van der Waals surface area contributed by atoms with Crippen molar-refractivity contribution in [3.63, 3.8) is 0 Å². The molecule has 52 valence electrons. The highest BCUT2D eigenvalue weighted by Crippen LogP contribution is 2.21. The quantitative estimate of drug-likeness (QED) is 0.488. The molecular weight excluding hydrogens is 112 g/mol. The minimum Gasteiger partial charge on any atom is -0.393 e. The summed E-state index contributed by atoms with van der Waals surface area (Å²) in [5.74, 6) is 0.928. The van der Waals surface area contributed by atoms with Crippen molar-refractivity contribution >= 4 is 0 Å². The Bertz CT molecular complexity index is 118. The highest BCUT2D eigenvalue weighted by molar-refractivity contribution is 4.98. The number of rotatable bonds is 0. The van der Waals surface area contributed by atoms with Crippen LogP contribution < -0.4 is 0 Å². The first kappa shape index (κ1) is 6.81. The van der Waals surface area contributed by atoms with Gasteiger partial charge in [0.2, 0.25) is 0 Å². The third-order valence-electron chi connectivity index (χ3n) is 1.96. The van der Waals surface area contributed by atoms with Gasteiger partial charge in [-0.1, -0.05) is 26.0 Å². The van der Waals surface area contributed by atoms with Crippen LogP contribution in [0.2, 0.25) is 0 Å². The molecule has 0 aromatic rings. The Morgan fingerprint density at radius 2 is 2.00 bits per heavy atom. The summed E-state index contributed by atoms with van der Waals surface area (Å²) in [5.41, 5.74) is 0. The third-order valence-corrected chi connectivity index (χ3v) is 1.96. The lowest BCUT2D eigenvalue weighted by molar-refractivity contribution is 0.111. The number of hydrogen-bond acceptors (Lipinski definition) is 1. The molecule has 1 aliphatic carbocycles. The van der Waals surface area contributed by atoms with Crippen molar-refractivity contribution in [1.82, 2.24) is 0 Å². The maximum atomic E-state index is 9.30. The summed E-state index contributed by atoms with van der Waals surface area (Å²) in [6, 6.07) is 0. The van der Waals surface area contributed by atoms with Gasteiger partial charge in [-0.25, -0.2) is 0 Å². The average molecular weight is 126 g/mol. The molecule has 0 aromatic carbocycles. The van der Waals surface area contributed by atoms with Crippen molar-refractivity contribution in [1.29, 1.82) is 0 Å². The predicted molar refractivity (Wildman–Crippen MR) is 38.1 cm³/mol. The van der Waals surface area contributed by atoms with E-state index < -0.39 is 0 Å². The normalized spacial score (nSPS) is 43.2. The van der Waals surface area contributed by atoms with Crippen LogP contribution in [0.1, 0.15) is 20.3 Å². The van der Waals surface area contributed by atoms with Crippen molar-refractivity contribution in [2.24, 2.45) is 11.8 Å². The van der Waals surface area contributed by atoms with Gasteiger partial charge in [0.05, 0.1) is 6.10 Å². The molecule has 3 atom stereocenters. The molecule has 0 aliphatic heterocycles. The molecular formula is C8H14O. The van der Waals surface area contributed by atoms with Crippen molar-refractivity contribution in [2.75, 3.05) is 0 Å². The smallest absolute Gasteiger partial charge is 0.0605 e. The Kier molecular flexibility index (Phi) is 1.91. The number of aliphatic hydroxyl groups excluding tert-OH is 1. The molecule has 0 saturated carbocycles. The largest absolute Gasteiger partial charge is 0.393 e. The molecule has 0 radical (unpaired) electrons. The first-order chi connectivity index (χ1) is 4.20. The van der Waals surface area contributed by atoms with Gasteiger partial charge in [-0.05, 0) is 18.3 Å². The van der Waals surface area contributed by atoms with E-state index in [-0.39, 0.29) is 6.10 Å². The van der Waals surface area contributed by atoms with E-state index in [1.54, 1.807) is 0 Å². The molecule has 0 amide bonds. The van der Waals surface area contributed by atoms with E-state index in [0.29, 0.717) is 11.8 Å². The van der Waals surface area contributed by atoms with E-state index in [0.717, 1.165) is 6.42 Å². The molecule has 1 aliphatic rings. The Hall–Kier alpha value is -0.300. The number of hydrogen-bond donors (Lipinski definition) is 1. The fourth-order valence-electron chi connectivity index (χ4n) is 1.17. The van der Waals surface area contributed by atoms with Gasteiger partial charge in [-0.2, -0.15) is 0 Å². The standard InChI is InChI=1S/C8H14O/c1-6-3-4-7(2)8(9)5-6/h3-4,6-9H,5H2,1-2H3. The zero-order valence-corrected chi connectivity index (χ0v) is 6.04.